The highest BCUT2D eigenvalue weighted by Crippen LogP contribution is 2.11. The van der Waals surface area contributed by atoms with Crippen molar-refractivity contribution in [1.29, 1.82) is 0 Å². The zero-order valence-corrected chi connectivity index (χ0v) is 10.1. The number of hydrogen-bond donors (Lipinski definition) is 1. The van der Waals surface area contributed by atoms with Gasteiger partial charge in [-0.05, 0) is 36.6 Å². The van der Waals surface area contributed by atoms with Crippen LogP contribution in [0.4, 0.5) is 0 Å². The van der Waals surface area contributed by atoms with Crippen LogP contribution in [0.25, 0.3) is 0 Å². The predicted molar refractivity (Wildman–Crippen MR) is 63.9 cm³/mol. The van der Waals surface area contributed by atoms with Gasteiger partial charge in [-0.15, -0.1) is 0 Å². The average molecular weight is 199 g/mol. The van der Waals surface area contributed by atoms with Crippen LogP contribution in [0, 0.1) is 6.92 Å². The van der Waals surface area contributed by atoms with Crippen LogP contribution in [0.15, 0.2) is 29.2 Å². The summed E-state index contributed by atoms with van der Waals surface area (Å²) in [7, 11) is 0. The van der Waals surface area contributed by atoms with Crippen molar-refractivity contribution in [2.45, 2.75) is 39.5 Å². The Morgan fingerprint density at radius 1 is 1.08 bits per heavy atom. The number of aryl methyl sites for hydroxylation is 1. The molecular weight excluding hydrogens is 178 g/mol. The Kier molecular flexibility index (Phi) is 13.3. The van der Waals surface area contributed by atoms with Gasteiger partial charge < -0.3 is 0 Å². The molecule has 0 amide bonds. The fraction of sp³-hybridized carbons (Fsp3) is 0.455. The molecule has 0 aliphatic heterocycles. The molecule has 0 fully saturated rings. The minimum atomic E-state index is 1.12. The molecule has 1 aromatic rings. The van der Waals surface area contributed by atoms with Crippen LogP contribution in [-0.4, -0.2) is 0 Å². The minimum Gasteiger partial charge on any atom is -0.274 e. The lowest BCUT2D eigenvalue weighted by Gasteiger charge is -1.94. The summed E-state index contributed by atoms with van der Waals surface area (Å²) in [6, 6.07) is 8.12. The first kappa shape index (κ1) is 15.0. The highest BCUT2D eigenvalue weighted by molar-refractivity contribution is 7.97. The Morgan fingerprint density at radius 2 is 1.62 bits per heavy atom. The molecule has 0 aliphatic carbocycles. The molecule has 0 aromatic heterocycles. The van der Waals surface area contributed by atoms with Crippen molar-refractivity contribution in [2.75, 3.05) is 0 Å². The van der Waals surface area contributed by atoms with Crippen LogP contribution < -0.4 is 5.14 Å². The van der Waals surface area contributed by atoms with Gasteiger partial charge in [-0.3, -0.25) is 5.14 Å². The second kappa shape index (κ2) is 11.5. The number of hydrogen-bond acceptors (Lipinski definition) is 2. The first-order chi connectivity index (χ1) is 6.33. The Morgan fingerprint density at radius 3 is 1.92 bits per heavy atom. The Labute approximate surface area is 86.9 Å². The monoisotopic (exact) mass is 199 g/mol. The quantitative estimate of drug-likeness (QED) is 0.691. The van der Waals surface area contributed by atoms with Gasteiger partial charge in [0.25, 0.3) is 0 Å². The smallest absolute Gasteiger partial charge is 0.0228 e. The van der Waals surface area contributed by atoms with Gasteiger partial charge >= 0.3 is 0 Å². The van der Waals surface area contributed by atoms with E-state index in [9.17, 15) is 0 Å². The third-order valence-corrected chi connectivity index (χ3v) is 1.65. The zero-order chi connectivity index (χ0) is 10.7. The summed E-state index contributed by atoms with van der Waals surface area (Å²) in [5.74, 6) is 0. The molecule has 2 heteroatoms. The van der Waals surface area contributed by atoms with Crippen LogP contribution in [0.2, 0.25) is 0 Å². The Hall–Kier alpha value is -0.470. The molecule has 1 aromatic carbocycles. The summed E-state index contributed by atoms with van der Waals surface area (Å²) in [6.45, 7) is 10.1. The highest BCUT2D eigenvalue weighted by Gasteiger charge is 1.87. The standard InChI is InChI=1S/C7H9NS.2C2H6/c1-6-3-2-4-7(5-6)9-8;2*1-2/h2-5H,8H2,1H3;2*1-2H3. The molecule has 0 bridgehead atoms. The molecule has 13 heavy (non-hydrogen) atoms. The Balaban J connectivity index is 0. The van der Waals surface area contributed by atoms with Crippen molar-refractivity contribution in [1.82, 2.24) is 0 Å². The molecule has 0 spiro atoms. The lowest BCUT2D eigenvalue weighted by molar-refractivity contribution is 1.36. The van der Waals surface area contributed by atoms with Crippen LogP contribution in [0.1, 0.15) is 33.3 Å². The average Bonchev–Trinajstić information content (AvgIpc) is 2.24. The van der Waals surface area contributed by atoms with E-state index in [1.165, 1.54) is 17.5 Å². The van der Waals surface area contributed by atoms with Gasteiger partial charge in [-0.25, -0.2) is 0 Å². The first-order valence-corrected chi connectivity index (χ1v) is 5.64. The fourth-order valence-corrected chi connectivity index (χ4v) is 1.10. The van der Waals surface area contributed by atoms with Gasteiger partial charge in [0.15, 0.2) is 0 Å². The van der Waals surface area contributed by atoms with Gasteiger partial charge in [-0.2, -0.15) is 0 Å². The molecule has 0 saturated heterocycles. The molecule has 1 nitrogen and oxygen atoms in total. The summed E-state index contributed by atoms with van der Waals surface area (Å²) in [5.41, 5.74) is 1.26. The lowest BCUT2D eigenvalue weighted by Crippen LogP contribution is -1.79. The van der Waals surface area contributed by atoms with E-state index in [-0.39, 0.29) is 0 Å². The molecule has 0 atom stereocenters. The summed E-state index contributed by atoms with van der Waals surface area (Å²) in [5, 5.41) is 5.34. The molecule has 0 saturated carbocycles. The molecule has 1 rings (SSSR count). The van der Waals surface area contributed by atoms with E-state index in [0.717, 1.165) is 4.90 Å². The van der Waals surface area contributed by atoms with Crippen molar-refractivity contribution >= 4 is 11.9 Å². The summed E-state index contributed by atoms with van der Waals surface area (Å²) in [6.07, 6.45) is 0. The fourth-order valence-electron chi connectivity index (χ4n) is 0.689. The van der Waals surface area contributed by atoms with Gasteiger partial charge in [0.05, 0.1) is 0 Å². The van der Waals surface area contributed by atoms with Gasteiger partial charge in [0.1, 0.15) is 0 Å². The van der Waals surface area contributed by atoms with Gasteiger partial charge in [0.2, 0.25) is 0 Å². The maximum Gasteiger partial charge on any atom is 0.0228 e. The zero-order valence-electron chi connectivity index (χ0n) is 9.29. The molecular formula is C11H21NS. The number of nitrogens with two attached hydrogens (primary N) is 1. The topological polar surface area (TPSA) is 26.0 Å². The maximum atomic E-state index is 5.34. The molecule has 2 N–H and O–H groups in total. The van der Waals surface area contributed by atoms with E-state index in [2.05, 4.69) is 19.1 Å². The normalized spacial score (nSPS) is 7.54. The minimum absolute atomic E-state index is 1.12. The van der Waals surface area contributed by atoms with E-state index in [1.54, 1.807) is 0 Å². The van der Waals surface area contributed by atoms with Crippen molar-refractivity contribution in [3.63, 3.8) is 0 Å². The summed E-state index contributed by atoms with van der Waals surface area (Å²) < 4.78 is 0. The van der Waals surface area contributed by atoms with Crippen molar-refractivity contribution in [2.24, 2.45) is 5.14 Å². The van der Waals surface area contributed by atoms with E-state index < -0.39 is 0 Å². The van der Waals surface area contributed by atoms with Gasteiger partial charge in [-0.1, -0.05) is 39.8 Å². The molecule has 0 radical (unpaired) electrons. The number of rotatable bonds is 1. The van der Waals surface area contributed by atoms with E-state index in [0.29, 0.717) is 0 Å². The van der Waals surface area contributed by atoms with Crippen molar-refractivity contribution < 1.29 is 0 Å². The van der Waals surface area contributed by atoms with Crippen LogP contribution in [0.5, 0.6) is 0 Å². The van der Waals surface area contributed by atoms with Crippen LogP contribution in [0.3, 0.4) is 0 Å². The molecule has 0 unspecified atom stereocenters. The summed E-state index contributed by atoms with van der Waals surface area (Å²) in [4.78, 5) is 1.12. The second-order valence-corrected chi connectivity index (χ2v) is 2.64. The van der Waals surface area contributed by atoms with Crippen molar-refractivity contribution in [3.8, 4) is 0 Å². The molecule has 0 aliphatic rings. The van der Waals surface area contributed by atoms with Crippen molar-refractivity contribution in [3.05, 3.63) is 29.8 Å². The van der Waals surface area contributed by atoms with Crippen LogP contribution >= 0.6 is 11.9 Å². The summed E-state index contributed by atoms with van der Waals surface area (Å²) >= 11 is 1.28. The number of benzene rings is 1. The molecule has 0 heterocycles. The largest absolute Gasteiger partial charge is 0.274 e. The van der Waals surface area contributed by atoms with E-state index in [4.69, 9.17) is 5.14 Å². The third kappa shape index (κ3) is 7.88. The SMILES string of the molecule is CC.CC.Cc1cccc(SN)c1. The van der Waals surface area contributed by atoms with E-state index in [1.807, 2.05) is 39.8 Å². The lowest BCUT2D eigenvalue weighted by atomic mass is 10.2. The predicted octanol–water partition coefficient (Wildman–Crippen LogP) is 4.01. The third-order valence-electron chi connectivity index (χ3n) is 1.13. The maximum absolute atomic E-state index is 5.34. The van der Waals surface area contributed by atoms with Gasteiger partial charge in [0, 0.05) is 4.90 Å². The highest BCUT2D eigenvalue weighted by atomic mass is 32.2. The molecule has 76 valence electrons. The van der Waals surface area contributed by atoms with Crippen LogP contribution in [-0.2, 0) is 0 Å². The Bertz CT molecular complexity index is 199. The first-order valence-electron chi connectivity index (χ1n) is 4.76. The van der Waals surface area contributed by atoms with E-state index >= 15 is 0 Å². The second-order valence-electron chi connectivity index (χ2n) is 1.93.